The van der Waals surface area contributed by atoms with Crippen LogP contribution < -0.4 is 5.73 Å². The van der Waals surface area contributed by atoms with Crippen molar-refractivity contribution in [1.29, 1.82) is 0 Å². The molecule has 72 valence electrons. The van der Waals surface area contributed by atoms with Crippen LogP contribution in [0.4, 0.5) is 4.39 Å². The van der Waals surface area contributed by atoms with Gasteiger partial charge in [-0.2, -0.15) is 0 Å². The van der Waals surface area contributed by atoms with E-state index in [1.54, 1.807) is 6.07 Å². The van der Waals surface area contributed by atoms with Crippen LogP contribution in [0.25, 0.3) is 10.8 Å². The Balaban J connectivity index is 2.58. The van der Waals surface area contributed by atoms with E-state index >= 15 is 0 Å². The maximum atomic E-state index is 13.4. The molecule has 0 saturated heterocycles. The van der Waals surface area contributed by atoms with Crippen LogP contribution in [0.2, 0.25) is 0 Å². The van der Waals surface area contributed by atoms with E-state index in [9.17, 15) is 4.39 Å². The second-order valence-electron chi connectivity index (χ2n) is 3.33. The van der Waals surface area contributed by atoms with Crippen LogP contribution in [-0.4, -0.2) is 6.54 Å². The van der Waals surface area contributed by atoms with E-state index in [2.05, 4.69) is 0 Å². The van der Waals surface area contributed by atoms with Gasteiger partial charge in [-0.15, -0.1) is 0 Å². The molecule has 0 aromatic heterocycles. The first-order chi connectivity index (χ1) is 6.81. The Morgan fingerprint density at radius 1 is 1.14 bits per heavy atom. The average molecular weight is 189 g/mol. The Hall–Kier alpha value is -1.41. The van der Waals surface area contributed by atoms with Crippen molar-refractivity contribution in [2.75, 3.05) is 6.54 Å². The number of hydrogen-bond donors (Lipinski definition) is 1. The van der Waals surface area contributed by atoms with E-state index in [0.29, 0.717) is 11.9 Å². The number of nitrogens with two attached hydrogens (primary N) is 1. The van der Waals surface area contributed by atoms with E-state index in [1.807, 2.05) is 24.3 Å². The summed E-state index contributed by atoms with van der Waals surface area (Å²) in [6, 6.07) is 10.9. The summed E-state index contributed by atoms with van der Waals surface area (Å²) >= 11 is 0. The molecular formula is C12H12FN. The Labute approximate surface area is 82.3 Å². The molecule has 2 heteroatoms. The van der Waals surface area contributed by atoms with Gasteiger partial charge in [0, 0.05) is 5.39 Å². The van der Waals surface area contributed by atoms with Gasteiger partial charge in [-0.05, 0) is 36.0 Å². The van der Waals surface area contributed by atoms with Gasteiger partial charge in [0.2, 0.25) is 0 Å². The second-order valence-corrected chi connectivity index (χ2v) is 3.33. The molecule has 0 atom stereocenters. The fourth-order valence-corrected chi connectivity index (χ4v) is 1.60. The number of halogens is 1. The highest BCUT2D eigenvalue weighted by atomic mass is 19.1. The third kappa shape index (κ3) is 1.61. The Morgan fingerprint density at radius 2 is 2.00 bits per heavy atom. The molecule has 2 rings (SSSR count). The molecule has 2 N–H and O–H groups in total. The summed E-state index contributed by atoms with van der Waals surface area (Å²) in [4.78, 5) is 0. The van der Waals surface area contributed by atoms with Gasteiger partial charge in [0.05, 0.1) is 0 Å². The van der Waals surface area contributed by atoms with Crippen molar-refractivity contribution in [2.45, 2.75) is 6.42 Å². The zero-order valence-corrected chi connectivity index (χ0v) is 7.83. The summed E-state index contributed by atoms with van der Waals surface area (Å²) in [6.07, 6.45) is 0.796. The maximum absolute atomic E-state index is 13.4. The molecule has 0 aliphatic rings. The molecule has 0 aliphatic carbocycles. The van der Waals surface area contributed by atoms with Crippen molar-refractivity contribution in [3.05, 3.63) is 47.8 Å². The summed E-state index contributed by atoms with van der Waals surface area (Å²) in [5.74, 6) is -0.165. The molecule has 0 unspecified atom stereocenters. The summed E-state index contributed by atoms with van der Waals surface area (Å²) in [6.45, 7) is 0.597. The summed E-state index contributed by atoms with van der Waals surface area (Å²) in [5.41, 5.74) is 6.54. The van der Waals surface area contributed by atoms with Gasteiger partial charge in [-0.25, -0.2) is 4.39 Å². The molecule has 14 heavy (non-hydrogen) atoms. The quantitative estimate of drug-likeness (QED) is 0.771. The normalized spacial score (nSPS) is 10.7. The lowest BCUT2D eigenvalue weighted by atomic mass is 10.0. The van der Waals surface area contributed by atoms with Crippen LogP contribution in [0.1, 0.15) is 5.56 Å². The Kier molecular flexibility index (Phi) is 2.46. The molecule has 0 saturated carbocycles. The second kappa shape index (κ2) is 3.76. The largest absolute Gasteiger partial charge is 0.330 e. The Bertz CT molecular complexity index is 451. The van der Waals surface area contributed by atoms with E-state index in [-0.39, 0.29) is 5.82 Å². The minimum absolute atomic E-state index is 0.165. The van der Waals surface area contributed by atoms with Crippen LogP contribution >= 0.6 is 0 Å². The van der Waals surface area contributed by atoms with Crippen molar-refractivity contribution in [3.63, 3.8) is 0 Å². The minimum atomic E-state index is -0.165. The first-order valence-electron chi connectivity index (χ1n) is 4.68. The maximum Gasteiger partial charge on any atom is 0.131 e. The lowest BCUT2D eigenvalue weighted by Gasteiger charge is -2.02. The van der Waals surface area contributed by atoms with Crippen molar-refractivity contribution in [1.82, 2.24) is 0 Å². The third-order valence-electron chi connectivity index (χ3n) is 2.33. The monoisotopic (exact) mass is 189 g/mol. The molecule has 0 aliphatic heterocycles. The SMILES string of the molecule is NCCc1ccc2cccc(F)c2c1. The van der Waals surface area contributed by atoms with Crippen LogP contribution in [-0.2, 0) is 6.42 Å². The molecule has 1 nitrogen and oxygen atoms in total. The number of rotatable bonds is 2. The average Bonchev–Trinajstić information content (AvgIpc) is 2.20. The number of hydrogen-bond acceptors (Lipinski definition) is 1. The highest BCUT2D eigenvalue weighted by Gasteiger charge is 2.00. The zero-order chi connectivity index (χ0) is 9.97. The van der Waals surface area contributed by atoms with Gasteiger partial charge in [0.15, 0.2) is 0 Å². The van der Waals surface area contributed by atoms with E-state index in [0.717, 1.165) is 17.4 Å². The fraction of sp³-hybridized carbons (Fsp3) is 0.167. The Morgan fingerprint density at radius 3 is 2.79 bits per heavy atom. The molecule has 0 bridgehead atoms. The van der Waals surface area contributed by atoms with Gasteiger partial charge in [0.1, 0.15) is 5.82 Å². The van der Waals surface area contributed by atoms with Crippen LogP contribution in [0, 0.1) is 5.82 Å². The van der Waals surface area contributed by atoms with Crippen LogP contribution in [0.3, 0.4) is 0 Å². The first kappa shape index (κ1) is 9.16. The molecule has 0 heterocycles. The number of fused-ring (bicyclic) bond motifs is 1. The molecule has 2 aromatic carbocycles. The van der Waals surface area contributed by atoms with Crippen molar-refractivity contribution in [2.24, 2.45) is 5.73 Å². The van der Waals surface area contributed by atoms with Gasteiger partial charge >= 0.3 is 0 Å². The molecule has 0 amide bonds. The molecule has 0 spiro atoms. The standard InChI is InChI=1S/C12H12FN/c13-12-3-1-2-10-5-4-9(6-7-14)8-11(10)12/h1-5,8H,6-7,14H2. The molecular weight excluding hydrogens is 177 g/mol. The van der Waals surface area contributed by atoms with Gasteiger partial charge in [-0.1, -0.05) is 24.3 Å². The zero-order valence-electron chi connectivity index (χ0n) is 7.83. The van der Waals surface area contributed by atoms with Gasteiger partial charge in [-0.3, -0.25) is 0 Å². The predicted molar refractivity (Wildman–Crippen MR) is 56.7 cm³/mol. The number of benzene rings is 2. The summed E-state index contributed by atoms with van der Waals surface area (Å²) in [7, 11) is 0. The first-order valence-corrected chi connectivity index (χ1v) is 4.68. The van der Waals surface area contributed by atoms with E-state index < -0.39 is 0 Å². The molecule has 0 radical (unpaired) electrons. The topological polar surface area (TPSA) is 26.0 Å². The van der Waals surface area contributed by atoms with Gasteiger partial charge < -0.3 is 5.73 Å². The third-order valence-corrected chi connectivity index (χ3v) is 2.33. The van der Waals surface area contributed by atoms with E-state index in [1.165, 1.54) is 6.07 Å². The van der Waals surface area contributed by atoms with Gasteiger partial charge in [0.25, 0.3) is 0 Å². The lowest BCUT2D eigenvalue weighted by Crippen LogP contribution is -2.02. The van der Waals surface area contributed by atoms with Crippen LogP contribution in [0.15, 0.2) is 36.4 Å². The lowest BCUT2D eigenvalue weighted by molar-refractivity contribution is 0.639. The summed E-state index contributed by atoms with van der Waals surface area (Å²) < 4.78 is 13.4. The smallest absolute Gasteiger partial charge is 0.131 e. The molecule has 0 fully saturated rings. The predicted octanol–water partition coefficient (Wildman–Crippen LogP) is 2.48. The highest BCUT2D eigenvalue weighted by Crippen LogP contribution is 2.19. The molecule has 2 aromatic rings. The van der Waals surface area contributed by atoms with Crippen molar-refractivity contribution in [3.8, 4) is 0 Å². The van der Waals surface area contributed by atoms with Crippen molar-refractivity contribution < 1.29 is 4.39 Å². The highest BCUT2D eigenvalue weighted by molar-refractivity contribution is 5.83. The van der Waals surface area contributed by atoms with E-state index in [4.69, 9.17) is 5.73 Å². The minimum Gasteiger partial charge on any atom is -0.330 e. The van der Waals surface area contributed by atoms with Crippen molar-refractivity contribution >= 4 is 10.8 Å². The summed E-state index contributed by atoms with van der Waals surface area (Å²) in [5, 5.41) is 1.62. The fourth-order valence-electron chi connectivity index (χ4n) is 1.60. The van der Waals surface area contributed by atoms with Crippen LogP contribution in [0.5, 0.6) is 0 Å².